The van der Waals surface area contributed by atoms with Crippen LogP contribution in [0.15, 0.2) is 66.7 Å². The second-order valence-corrected chi connectivity index (χ2v) is 5.42. The van der Waals surface area contributed by atoms with Crippen molar-refractivity contribution in [1.29, 1.82) is 5.26 Å². The van der Waals surface area contributed by atoms with Gasteiger partial charge >= 0.3 is 0 Å². The number of carbonyl (C=O) groups excluding carboxylic acids is 1. The number of hydrogen-bond acceptors (Lipinski definition) is 4. The van der Waals surface area contributed by atoms with Crippen molar-refractivity contribution in [3.05, 3.63) is 83.6 Å². The first-order valence-electron chi connectivity index (χ1n) is 7.67. The van der Waals surface area contributed by atoms with Gasteiger partial charge in [0.15, 0.2) is 0 Å². The summed E-state index contributed by atoms with van der Waals surface area (Å²) in [6.07, 6.45) is 0. The zero-order valence-corrected chi connectivity index (χ0v) is 13.6. The van der Waals surface area contributed by atoms with Gasteiger partial charge in [-0.15, -0.1) is 0 Å². The lowest BCUT2D eigenvalue weighted by Crippen LogP contribution is -2.11. The molecule has 0 saturated heterocycles. The lowest BCUT2D eigenvalue weighted by atomic mass is 10.2. The van der Waals surface area contributed by atoms with Crippen LogP contribution in [0.25, 0.3) is 0 Å². The summed E-state index contributed by atoms with van der Waals surface area (Å²) in [5.74, 6) is 0.544. The number of rotatable bonds is 4. The molecule has 1 amide bonds. The number of hydrogen-bond donors (Lipinski definition) is 1. The van der Waals surface area contributed by atoms with Gasteiger partial charge in [0.25, 0.3) is 5.91 Å². The van der Waals surface area contributed by atoms with E-state index in [1.165, 1.54) is 0 Å². The molecule has 1 heterocycles. The quantitative estimate of drug-likeness (QED) is 0.774. The number of aromatic nitrogens is 1. The minimum atomic E-state index is -0.229. The minimum absolute atomic E-state index is 0.229. The summed E-state index contributed by atoms with van der Waals surface area (Å²) in [7, 11) is 0. The summed E-state index contributed by atoms with van der Waals surface area (Å²) in [5.41, 5.74) is 2.59. The number of benzene rings is 2. The highest BCUT2D eigenvalue weighted by atomic mass is 16.5. The van der Waals surface area contributed by atoms with Crippen LogP contribution in [0.5, 0.6) is 11.6 Å². The summed E-state index contributed by atoms with van der Waals surface area (Å²) in [5, 5.41) is 11.7. The number of anilines is 1. The van der Waals surface area contributed by atoms with Crippen molar-refractivity contribution in [2.45, 2.75) is 6.92 Å². The molecule has 1 aromatic heterocycles. The molecule has 0 bridgehead atoms. The first kappa shape index (κ1) is 16.2. The van der Waals surface area contributed by atoms with Gasteiger partial charge in [0.1, 0.15) is 17.5 Å². The van der Waals surface area contributed by atoms with Crippen LogP contribution in [-0.4, -0.2) is 10.9 Å². The Morgan fingerprint density at radius 2 is 1.84 bits per heavy atom. The average Bonchev–Trinajstić information content (AvgIpc) is 2.64. The van der Waals surface area contributed by atoms with Crippen LogP contribution >= 0.6 is 0 Å². The molecule has 0 spiro atoms. The summed E-state index contributed by atoms with van der Waals surface area (Å²) in [6.45, 7) is 1.99. The molecule has 3 rings (SSSR count). The van der Waals surface area contributed by atoms with Gasteiger partial charge in [-0.05, 0) is 43.3 Å². The molecule has 0 unspecified atom stereocenters. The molecular formula is C20H15N3O2. The molecule has 2 aromatic carbocycles. The van der Waals surface area contributed by atoms with Gasteiger partial charge in [-0.1, -0.05) is 29.8 Å². The zero-order valence-electron chi connectivity index (χ0n) is 13.6. The number of aryl methyl sites for hydroxylation is 1. The molecule has 5 heteroatoms. The molecule has 0 radical (unpaired) electrons. The maximum Gasteiger partial charge on any atom is 0.255 e. The molecule has 0 aliphatic rings. The molecule has 5 nitrogen and oxygen atoms in total. The van der Waals surface area contributed by atoms with Crippen molar-refractivity contribution in [1.82, 2.24) is 4.98 Å². The Balaban J connectivity index is 1.75. The number of pyridine rings is 1. The maximum absolute atomic E-state index is 12.4. The number of nitrogens with one attached hydrogen (secondary N) is 1. The van der Waals surface area contributed by atoms with E-state index in [9.17, 15) is 4.79 Å². The molecule has 0 aliphatic heterocycles. The van der Waals surface area contributed by atoms with Crippen LogP contribution < -0.4 is 10.1 Å². The molecule has 0 aliphatic carbocycles. The molecule has 122 valence electrons. The largest absolute Gasteiger partial charge is 0.439 e. The fourth-order valence-electron chi connectivity index (χ4n) is 2.20. The first-order valence-corrected chi connectivity index (χ1v) is 7.67. The molecule has 0 atom stereocenters. The fraction of sp³-hybridized carbons (Fsp3) is 0.0500. The Morgan fingerprint density at radius 3 is 2.60 bits per heavy atom. The molecule has 3 aromatic rings. The third-order valence-corrected chi connectivity index (χ3v) is 3.47. The predicted molar refractivity (Wildman–Crippen MR) is 94.6 cm³/mol. The van der Waals surface area contributed by atoms with Crippen LogP contribution in [-0.2, 0) is 0 Å². The van der Waals surface area contributed by atoms with E-state index in [0.717, 1.165) is 11.3 Å². The van der Waals surface area contributed by atoms with Gasteiger partial charge in [0.05, 0.1) is 0 Å². The van der Waals surface area contributed by atoms with E-state index in [2.05, 4.69) is 10.3 Å². The van der Waals surface area contributed by atoms with Gasteiger partial charge in [-0.25, -0.2) is 4.98 Å². The second-order valence-electron chi connectivity index (χ2n) is 5.42. The van der Waals surface area contributed by atoms with E-state index in [0.29, 0.717) is 17.2 Å². The van der Waals surface area contributed by atoms with Crippen LogP contribution in [0.1, 0.15) is 21.6 Å². The maximum atomic E-state index is 12.4. The number of amides is 1. The number of ether oxygens (including phenoxy) is 1. The van der Waals surface area contributed by atoms with Gasteiger partial charge in [-0.2, -0.15) is 5.26 Å². The van der Waals surface area contributed by atoms with Crippen molar-refractivity contribution in [3.8, 4) is 17.7 Å². The Labute approximate surface area is 145 Å². The molecule has 0 saturated carbocycles. The highest BCUT2D eigenvalue weighted by Gasteiger charge is 2.08. The molecule has 25 heavy (non-hydrogen) atoms. The lowest BCUT2D eigenvalue weighted by Gasteiger charge is -2.08. The van der Waals surface area contributed by atoms with E-state index < -0.39 is 0 Å². The number of carbonyl (C=O) groups is 1. The number of nitrogens with zero attached hydrogens (tertiary/aromatic N) is 2. The fourth-order valence-corrected chi connectivity index (χ4v) is 2.20. The summed E-state index contributed by atoms with van der Waals surface area (Å²) >= 11 is 0. The van der Waals surface area contributed by atoms with Crippen LogP contribution in [0, 0.1) is 18.3 Å². The van der Waals surface area contributed by atoms with Crippen LogP contribution in [0.3, 0.4) is 0 Å². The van der Waals surface area contributed by atoms with E-state index in [-0.39, 0.29) is 11.6 Å². The summed E-state index contributed by atoms with van der Waals surface area (Å²) < 4.78 is 5.64. The van der Waals surface area contributed by atoms with Gasteiger partial charge in [-0.3, -0.25) is 4.79 Å². The topological polar surface area (TPSA) is 75.0 Å². The Morgan fingerprint density at radius 1 is 1.08 bits per heavy atom. The summed E-state index contributed by atoms with van der Waals surface area (Å²) in [4.78, 5) is 16.4. The van der Waals surface area contributed by atoms with Gasteiger partial charge in [0, 0.05) is 17.3 Å². The molecule has 0 fully saturated rings. The van der Waals surface area contributed by atoms with E-state index in [1.807, 2.05) is 37.3 Å². The van der Waals surface area contributed by atoms with Crippen LogP contribution in [0.4, 0.5) is 5.69 Å². The van der Waals surface area contributed by atoms with Gasteiger partial charge in [0.2, 0.25) is 5.88 Å². The lowest BCUT2D eigenvalue weighted by molar-refractivity contribution is 0.102. The van der Waals surface area contributed by atoms with E-state index >= 15 is 0 Å². The SMILES string of the molecule is Cc1ccc(NC(=O)c2cccc(Oc3cccc(C#N)n3)c2)cc1. The second kappa shape index (κ2) is 7.28. The minimum Gasteiger partial charge on any atom is -0.439 e. The highest BCUT2D eigenvalue weighted by Crippen LogP contribution is 2.21. The highest BCUT2D eigenvalue weighted by molar-refractivity contribution is 6.04. The van der Waals surface area contributed by atoms with Crippen molar-refractivity contribution in [2.24, 2.45) is 0 Å². The Bertz CT molecular complexity index is 944. The monoisotopic (exact) mass is 329 g/mol. The third-order valence-electron chi connectivity index (χ3n) is 3.47. The number of nitriles is 1. The zero-order chi connectivity index (χ0) is 17.6. The Hall–Kier alpha value is -3.65. The predicted octanol–water partition coefficient (Wildman–Crippen LogP) is 4.31. The van der Waals surface area contributed by atoms with Crippen molar-refractivity contribution in [2.75, 3.05) is 5.32 Å². The standard InChI is InChI=1S/C20H15N3O2/c1-14-8-10-16(11-9-14)23-20(24)15-4-2-6-18(12-15)25-19-7-3-5-17(13-21)22-19/h2-12H,1H3,(H,23,24). The normalized spacial score (nSPS) is 9.92. The van der Waals surface area contributed by atoms with Crippen molar-refractivity contribution >= 4 is 11.6 Å². The first-order chi connectivity index (χ1) is 12.1. The molecule has 1 N–H and O–H groups in total. The van der Waals surface area contributed by atoms with Crippen molar-refractivity contribution in [3.63, 3.8) is 0 Å². The third kappa shape index (κ3) is 4.21. The smallest absolute Gasteiger partial charge is 0.255 e. The molecular weight excluding hydrogens is 314 g/mol. The van der Waals surface area contributed by atoms with E-state index in [4.69, 9.17) is 10.00 Å². The van der Waals surface area contributed by atoms with Gasteiger partial charge < -0.3 is 10.1 Å². The van der Waals surface area contributed by atoms with Crippen molar-refractivity contribution < 1.29 is 9.53 Å². The van der Waals surface area contributed by atoms with E-state index in [1.54, 1.807) is 42.5 Å². The average molecular weight is 329 g/mol. The summed E-state index contributed by atoms with van der Waals surface area (Å²) in [6, 6.07) is 21.3. The Kier molecular flexibility index (Phi) is 4.72. The van der Waals surface area contributed by atoms with Crippen LogP contribution in [0.2, 0.25) is 0 Å².